The molecule has 1 aromatic heterocycles. The van der Waals surface area contributed by atoms with Crippen molar-refractivity contribution in [2.24, 2.45) is 5.92 Å². The van der Waals surface area contributed by atoms with E-state index in [1.54, 1.807) is 18.0 Å². The molecule has 1 fully saturated rings. The van der Waals surface area contributed by atoms with Crippen LogP contribution in [0.3, 0.4) is 0 Å². The molecule has 1 aromatic rings. The Balaban J connectivity index is 1.61. The lowest BCUT2D eigenvalue weighted by Gasteiger charge is -2.27. The summed E-state index contributed by atoms with van der Waals surface area (Å²) in [6.07, 6.45) is 2.49. The van der Waals surface area contributed by atoms with Crippen LogP contribution in [0.5, 0.6) is 0 Å². The van der Waals surface area contributed by atoms with E-state index in [9.17, 15) is 14.7 Å². The number of nitrogens with one attached hydrogen (secondary N) is 2. The van der Waals surface area contributed by atoms with Gasteiger partial charge in [-0.2, -0.15) is 0 Å². The van der Waals surface area contributed by atoms with Gasteiger partial charge in [-0.15, -0.1) is 0 Å². The first kappa shape index (κ1) is 16.7. The maximum absolute atomic E-state index is 12.3. The SMILES string of the molecule is CN1CC(=O)Nc2cc(C(=O)NCC(O)C3CCOCC3)cnc21. The highest BCUT2D eigenvalue weighted by Crippen LogP contribution is 2.26. The molecular formula is C16H22N4O4. The van der Waals surface area contributed by atoms with Crippen LogP contribution in [0, 0.1) is 5.92 Å². The average molecular weight is 334 g/mol. The van der Waals surface area contributed by atoms with Gasteiger partial charge in [0, 0.05) is 33.0 Å². The second-order valence-corrected chi connectivity index (χ2v) is 6.23. The van der Waals surface area contributed by atoms with Crippen LogP contribution in [0.4, 0.5) is 11.5 Å². The van der Waals surface area contributed by atoms with Crippen LogP contribution >= 0.6 is 0 Å². The second-order valence-electron chi connectivity index (χ2n) is 6.23. The molecule has 1 unspecified atom stereocenters. The molecule has 3 heterocycles. The van der Waals surface area contributed by atoms with E-state index in [1.807, 2.05) is 0 Å². The van der Waals surface area contributed by atoms with Gasteiger partial charge in [0.05, 0.1) is 23.9 Å². The molecule has 0 bridgehead atoms. The molecule has 1 atom stereocenters. The number of likely N-dealkylation sites (N-methyl/N-ethyl adjacent to an activating group) is 1. The Morgan fingerprint density at radius 1 is 1.54 bits per heavy atom. The van der Waals surface area contributed by atoms with Gasteiger partial charge in [0.15, 0.2) is 5.82 Å². The van der Waals surface area contributed by atoms with E-state index in [0.717, 1.165) is 12.8 Å². The predicted octanol–water partition coefficient (Wildman–Crippen LogP) is -0.0128. The number of aliphatic hydroxyl groups excluding tert-OH is 1. The number of carbonyl (C=O) groups is 2. The molecule has 0 spiro atoms. The zero-order valence-corrected chi connectivity index (χ0v) is 13.6. The standard InChI is InChI=1S/C16H22N4O4/c1-20-9-14(22)19-12-6-11(7-17-15(12)20)16(23)18-8-13(21)10-2-4-24-5-3-10/h6-7,10,13,21H,2-5,8-9H2,1H3,(H,18,23)(H,19,22). The van der Waals surface area contributed by atoms with E-state index < -0.39 is 6.10 Å². The number of aromatic nitrogens is 1. The minimum Gasteiger partial charge on any atom is -0.391 e. The number of pyridine rings is 1. The minimum atomic E-state index is -0.589. The molecule has 2 aliphatic heterocycles. The van der Waals surface area contributed by atoms with Gasteiger partial charge in [0.25, 0.3) is 5.91 Å². The summed E-state index contributed by atoms with van der Waals surface area (Å²) in [7, 11) is 1.77. The molecular weight excluding hydrogens is 312 g/mol. The van der Waals surface area contributed by atoms with Gasteiger partial charge < -0.3 is 25.4 Å². The van der Waals surface area contributed by atoms with E-state index in [-0.39, 0.29) is 30.8 Å². The third-order valence-corrected chi connectivity index (χ3v) is 4.43. The van der Waals surface area contributed by atoms with E-state index in [1.165, 1.54) is 6.20 Å². The van der Waals surface area contributed by atoms with Gasteiger partial charge in [0.2, 0.25) is 5.91 Å². The van der Waals surface area contributed by atoms with Crippen molar-refractivity contribution in [2.75, 3.05) is 43.6 Å². The Kier molecular flexibility index (Phi) is 4.96. The number of nitrogens with zero attached hydrogens (tertiary/aromatic N) is 2. The van der Waals surface area contributed by atoms with Crippen molar-refractivity contribution in [1.82, 2.24) is 10.3 Å². The normalized spacial score (nSPS) is 19.4. The van der Waals surface area contributed by atoms with Gasteiger partial charge in [-0.25, -0.2) is 4.98 Å². The van der Waals surface area contributed by atoms with Crippen molar-refractivity contribution in [3.05, 3.63) is 17.8 Å². The lowest BCUT2D eigenvalue weighted by Crippen LogP contribution is -2.39. The second kappa shape index (κ2) is 7.14. The summed E-state index contributed by atoms with van der Waals surface area (Å²) in [4.78, 5) is 29.8. The van der Waals surface area contributed by atoms with Crippen LogP contribution in [0.15, 0.2) is 12.3 Å². The molecule has 3 N–H and O–H groups in total. The smallest absolute Gasteiger partial charge is 0.253 e. The number of rotatable bonds is 4. The molecule has 1 saturated heterocycles. The van der Waals surface area contributed by atoms with Gasteiger partial charge >= 0.3 is 0 Å². The molecule has 0 radical (unpaired) electrons. The van der Waals surface area contributed by atoms with Gasteiger partial charge in [0.1, 0.15) is 0 Å². The number of fused-ring (bicyclic) bond motifs is 1. The monoisotopic (exact) mass is 334 g/mol. The first-order valence-electron chi connectivity index (χ1n) is 8.09. The minimum absolute atomic E-state index is 0.140. The topological polar surface area (TPSA) is 104 Å². The average Bonchev–Trinajstić information content (AvgIpc) is 2.59. The molecule has 8 nitrogen and oxygen atoms in total. The molecule has 2 amide bonds. The summed E-state index contributed by atoms with van der Waals surface area (Å²) in [5.41, 5.74) is 0.870. The summed E-state index contributed by atoms with van der Waals surface area (Å²) in [5.74, 6) is 0.320. The Morgan fingerprint density at radius 2 is 2.29 bits per heavy atom. The van der Waals surface area contributed by atoms with E-state index in [4.69, 9.17) is 4.74 Å². The lowest BCUT2D eigenvalue weighted by molar-refractivity contribution is -0.115. The molecule has 0 aromatic carbocycles. The molecule has 2 aliphatic rings. The van der Waals surface area contributed by atoms with Crippen LogP contribution in [-0.2, 0) is 9.53 Å². The predicted molar refractivity (Wildman–Crippen MR) is 88.0 cm³/mol. The number of amides is 2. The maximum atomic E-state index is 12.3. The van der Waals surface area contributed by atoms with Crippen molar-refractivity contribution < 1.29 is 19.4 Å². The van der Waals surface area contributed by atoms with E-state index >= 15 is 0 Å². The largest absolute Gasteiger partial charge is 0.391 e. The van der Waals surface area contributed by atoms with Crippen molar-refractivity contribution >= 4 is 23.3 Å². The first-order valence-corrected chi connectivity index (χ1v) is 8.09. The molecule has 8 heteroatoms. The Morgan fingerprint density at radius 3 is 3.04 bits per heavy atom. The van der Waals surface area contributed by atoms with Gasteiger partial charge in [-0.1, -0.05) is 0 Å². The number of hydrogen-bond donors (Lipinski definition) is 3. The summed E-state index contributed by atoms with van der Waals surface area (Å²) in [5, 5.41) is 15.6. The number of ether oxygens (including phenoxy) is 1. The highest BCUT2D eigenvalue weighted by Gasteiger charge is 2.24. The zero-order chi connectivity index (χ0) is 17.1. The highest BCUT2D eigenvalue weighted by atomic mass is 16.5. The summed E-state index contributed by atoms with van der Waals surface area (Å²) >= 11 is 0. The van der Waals surface area contributed by atoms with Crippen LogP contribution in [0.2, 0.25) is 0 Å². The van der Waals surface area contributed by atoms with E-state index in [2.05, 4.69) is 15.6 Å². The van der Waals surface area contributed by atoms with Crippen LogP contribution in [0.1, 0.15) is 23.2 Å². The maximum Gasteiger partial charge on any atom is 0.253 e. The number of hydrogen-bond acceptors (Lipinski definition) is 6. The Labute approximate surface area is 140 Å². The third kappa shape index (κ3) is 3.65. The summed E-state index contributed by atoms with van der Waals surface area (Å²) < 4.78 is 5.27. The number of carbonyl (C=O) groups excluding carboxylic acids is 2. The fourth-order valence-corrected chi connectivity index (χ4v) is 3.02. The fourth-order valence-electron chi connectivity index (χ4n) is 3.02. The van der Waals surface area contributed by atoms with Crippen molar-refractivity contribution in [3.63, 3.8) is 0 Å². The number of anilines is 2. The number of aliphatic hydroxyl groups is 1. The van der Waals surface area contributed by atoms with Crippen LogP contribution < -0.4 is 15.5 Å². The molecule has 3 rings (SSSR count). The zero-order valence-electron chi connectivity index (χ0n) is 13.6. The first-order chi connectivity index (χ1) is 11.5. The highest BCUT2D eigenvalue weighted by molar-refractivity contribution is 6.02. The summed E-state index contributed by atoms with van der Waals surface area (Å²) in [6.45, 7) is 1.73. The third-order valence-electron chi connectivity index (χ3n) is 4.43. The quantitative estimate of drug-likeness (QED) is 0.715. The van der Waals surface area contributed by atoms with Crippen LogP contribution in [0.25, 0.3) is 0 Å². The van der Waals surface area contributed by atoms with Crippen LogP contribution in [-0.4, -0.2) is 61.4 Å². The molecule has 0 saturated carbocycles. The molecule has 0 aliphatic carbocycles. The van der Waals surface area contributed by atoms with Crippen molar-refractivity contribution in [3.8, 4) is 0 Å². The van der Waals surface area contributed by atoms with Crippen molar-refractivity contribution in [1.29, 1.82) is 0 Å². The van der Waals surface area contributed by atoms with Gasteiger partial charge in [-0.05, 0) is 24.8 Å². The Hall–Kier alpha value is -2.19. The van der Waals surface area contributed by atoms with Crippen molar-refractivity contribution in [2.45, 2.75) is 18.9 Å². The fraction of sp³-hybridized carbons (Fsp3) is 0.562. The van der Waals surface area contributed by atoms with E-state index in [0.29, 0.717) is 30.3 Å². The molecule has 130 valence electrons. The molecule has 24 heavy (non-hydrogen) atoms. The summed E-state index contributed by atoms with van der Waals surface area (Å²) in [6, 6.07) is 1.60. The Bertz CT molecular complexity index is 631. The van der Waals surface area contributed by atoms with Gasteiger partial charge in [-0.3, -0.25) is 9.59 Å². The lowest BCUT2D eigenvalue weighted by atomic mass is 9.94.